The molecule has 0 fully saturated rings. The van der Waals surface area contributed by atoms with Gasteiger partial charge in [-0.05, 0) is 12.1 Å². The largest absolute Gasteiger partial charge is 0.383 e. The van der Waals surface area contributed by atoms with Gasteiger partial charge in [0.1, 0.15) is 0 Å². The van der Waals surface area contributed by atoms with Gasteiger partial charge in [0.05, 0.1) is 23.4 Å². The van der Waals surface area contributed by atoms with Crippen LogP contribution in [0.5, 0.6) is 0 Å². The molecule has 0 bridgehead atoms. The second kappa shape index (κ2) is 9.09. The van der Waals surface area contributed by atoms with Crippen molar-refractivity contribution in [1.29, 1.82) is 0 Å². The van der Waals surface area contributed by atoms with Crippen LogP contribution in [0.15, 0.2) is 42.1 Å². The summed E-state index contributed by atoms with van der Waals surface area (Å²) in [5, 5.41) is 5.47. The lowest BCUT2D eigenvalue weighted by atomic mass is 10.3. The van der Waals surface area contributed by atoms with Crippen LogP contribution < -0.4 is 10.6 Å². The van der Waals surface area contributed by atoms with Crippen LogP contribution in [0.3, 0.4) is 0 Å². The molecule has 0 radical (unpaired) electrons. The van der Waals surface area contributed by atoms with Gasteiger partial charge in [-0.3, -0.25) is 10.1 Å². The maximum absolute atomic E-state index is 11.9. The summed E-state index contributed by atoms with van der Waals surface area (Å²) in [5.74, 6) is -0.287. The number of carbonyl (C=O) groups is 2. The van der Waals surface area contributed by atoms with E-state index in [2.05, 4.69) is 22.2 Å². The number of methoxy groups -OCH3 is 1. The van der Waals surface area contributed by atoms with Gasteiger partial charge in [0, 0.05) is 20.2 Å². The van der Waals surface area contributed by atoms with Crippen molar-refractivity contribution in [3.63, 3.8) is 0 Å². The molecular weight excluding hydrogens is 328 g/mol. The fourth-order valence-corrected chi connectivity index (χ4v) is 2.90. The minimum Gasteiger partial charge on any atom is -0.383 e. The molecule has 8 heteroatoms. The molecule has 2 aromatic rings. The average Bonchev–Trinajstić information content (AvgIpc) is 2.94. The fourth-order valence-electron chi connectivity index (χ4n) is 2.06. The highest BCUT2D eigenvalue weighted by atomic mass is 32.2. The third-order valence-corrected chi connectivity index (χ3v) is 4.11. The summed E-state index contributed by atoms with van der Waals surface area (Å²) in [6, 6.07) is 7.23. The Morgan fingerprint density at radius 2 is 2.21 bits per heavy atom. The lowest BCUT2D eigenvalue weighted by Gasteiger charge is -2.08. The van der Waals surface area contributed by atoms with E-state index in [0.29, 0.717) is 19.7 Å². The molecule has 0 spiro atoms. The minimum absolute atomic E-state index is 0.0951. The molecule has 3 amide bonds. The summed E-state index contributed by atoms with van der Waals surface area (Å²) in [7, 11) is 1.64. The Morgan fingerprint density at radius 1 is 1.42 bits per heavy atom. The number of imide groups is 1. The molecule has 7 nitrogen and oxygen atoms in total. The molecule has 0 unspecified atom stereocenters. The highest BCUT2D eigenvalue weighted by molar-refractivity contribution is 7.99. The van der Waals surface area contributed by atoms with E-state index in [9.17, 15) is 9.59 Å². The Hall–Kier alpha value is -2.32. The molecule has 0 aliphatic heterocycles. The van der Waals surface area contributed by atoms with Crippen LogP contribution in [0.25, 0.3) is 11.0 Å². The van der Waals surface area contributed by atoms with Crippen molar-refractivity contribution in [2.45, 2.75) is 11.7 Å². The molecule has 1 aromatic heterocycles. The van der Waals surface area contributed by atoms with Crippen LogP contribution in [0, 0.1) is 0 Å². The summed E-state index contributed by atoms with van der Waals surface area (Å²) in [6.07, 6.45) is 1.54. The predicted octanol–water partition coefficient (Wildman–Crippen LogP) is 1.79. The lowest BCUT2D eigenvalue weighted by molar-refractivity contribution is -0.117. The molecular formula is C16H20N4O3S. The SMILES string of the molecule is C=CCNC(=O)NC(=O)CSc1nc2ccccc2n1CCOC. The summed E-state index contributed by atoms with van der Waals surface area (Å²) in [4.78, 5) is 27.8. The van der Waals surface area contributed by atoms with E-state index in [1.807, 2.05) is 28.8 Å². The standard InChI is InChI=1S/C16H20N4O3S/c1-3-8-17-15(22)19-14(21)11-24-16-18-12-6-4-5-7-13(12)20(16)9-10-23-2/h3-7H,1,8-11H2,2H3,(H2,17,19,21,22). The number of fused-ring (bicyclic) bond motifs is 1. The maximum Gasteiger partial charge on any atom is 0.321 e. The summed E-state index contributed by atoms with van der Waals surface area (Å²) < 4.78 is 7.15. The number of rotatable bonds is 8. The van der Waals surface area contributed by atoms with Crippen molar-refractivity contribution in [2.75, 3.05) is 26.0 Å². The number of hydrogen-bond donors (Lipinski definition) is 2. The monoisotopic (exact) mass is 348 g/mol. The molecule has 2 N–H and O–H groups in total. The average molecular weight is 348 g/mol. The Kier molecular flexibility index (Phi) is 6.83. The van der Waals surface area contributed by atoms with Crippen LogP contribution in [0.4, 0.5) is 4.79 Å². The number of ether oxygens (including phenoxy) is 1. The number of carbonyl (C=O) groups excluding carboxylic acids is 2. The summed E-state index contributed by atoms with van der Waals surface area (Å²) in [6.45, 7) is 4.98. The molecule has 128 valence electrons. The van der Waals surface area contributed by atoms with Crippen LogP contribution in [0.2, 0.25) is 0 Å². The smallest absolute Gasteiger partial charge is 0.321 e. The van der Waals surface area contributed by atoms with Crippen LogP contribution in [-0.4, -0.2) is 47.5 Å². The molecule has 1 heterocycles. The van der Waals surface area contributed by atoms with E-state index in [-0.39, 0.29) is 11.7 Å². The minimum atomic E-state index is -0.534. The van der Waals surface area contributed by atoms with Crippen molar-refractivity contribution in [3.8, 4) is 0 Å². The number of thioether (sulfide) groups is 1. The van der Waals surface area contributed by atoms with E-state index >= 15 is 0 Å². The molecule has 0 atom stereocenters. The number of nitrogens with one attached hydrogen (secondary N) is 2. The van der Waals surface area contributed by atoms with Crippen molar-refractivity contribution < 1.29 is 14.3 Å². The zero-order valence-electron chi connectivity index (χ0n) is 13.4. The molecule has 2 rings (SSSR count). The number of imidazole rings is 1. The van der Waals surface area contributed by atoms with Crippen LogP contribution >= 0.6 is 11.8 Å². The Balaban J connectivity index is 2.02. The van der Waals surface area contributed by atoms with Crippen molar-refractivity contribution in [2.24, 2.45) is 0 Å². The Bertz CT molecular complexity index is 729. The Labute approximate surface area is 144 Å². The van der Waals surface area contributed by atoms with Gasteiger partial charge >= 0.3 is 6.03 Å². The van der Waals surface area contributed by atoms with Crippen molar-refractivity contribution >= 4 is 34.7 Å². The topological polar surface area (TPSA) is 85.3 Å². The third-order valence-electron chi connectivity index (χ3n) is 3.13. The Morgan fingerprint density at radius 3 is 2.96 bits per heavy atom. The predicted molar refractivity (Wildman–Crippen MR) is 94.1 cm³/mol. The molecule has 1 aromatic carbocycles. The van der Waals surface area contributed by atoms with Gasteiger partial charge in [0.2, 0.25) is 5.91 Å². The third kappa shape index (κ3) is 4.84. The van der Waals surface area contributed by atoms with E-state index in [0.717, 1.165) is 16.2 Å². The van der Waals surface area contributed by atoms with E-state index in [1.54, 1.807) is 7.11 Å². The first kappa shape index (κ1) is 18.0. The summed E-state index contributed by atoms with van der Waals surface area (Å²) >= 11 is 1.28. The highest BCUT2D eigenvalue weighted by Crippen LogP contribution is 2.23. The zero-order chi connectivity index (χ0) is 17.4. The first-order valence-corrected chi connectivity index (χ1v) is 8.40. The van der Waals surface area contributed by atoms with Crippen molar-refractivity contribution in [1.82, 2.24) is 20.2 Å². The molecule has 0 saturated heterocycles. The zero-order valence-corrected chi connectivity index (χ0v) is 14.3. The van der Waals surface area contributed by atoms with Gasteiger partial charge in [-0.1, -0.05) is 30.0 Å². The van der Waals surface area contributed by atoms with E-state index in [1.165, 1.54) is 17.8 Å². The van der Waals surface area contributed by atoms with Gasteiger partial charge < -0.3 is 14.6 Å². The van der Waals surface area contributed by atoms with E-state index in [4.69, 9.17) is 4.74 Å². The van der Waals surface area contributed by atoms with Gasteiger partial charge in [-0.15, -0.1) is 6.58 Å². The van der Waals surface area contributed by atoms with Gasteiger partial charge in [-0.2, -0.15) is 0 Å². The van der Waals surface area contributed by atoms with Crippen molar-refractivity contribution in [3.05, 3.63) is 36.9 Å². The number of nitrogens with zero attached hydrogens (tertiary/aromatic N) is 2. The number of para-hydroxylation sites is 2. The summed E-state index contributed by atoms with van der Waals surface area (Å²) in [5.41, 5.74) is 1.85. The second-order valence-corrected chi connectivity index (χ2v) is 5.81. The highest BCUT2D eigenvalue weighted by Gasteiger charge is 2.13. The lowest BCUT2D eigenvalue weighted by Crippen LogP contribution is -2.40. The second-order valence-electron chi connectivity index (χ2n) is 4.86. The van der Waals surface area contributed by atoms with Crippen LogP contribution in [-0.2, 0) is 16.1 Å². The fraction of sp³-hybridized carbons (Fsp3) is 0.312. The first-order valence-electron chi connectivity index (χ1n) is 7.41. The quantitative estimate of drug-likeness (QED) is 0.561. The van der Waals surface area contributed by atoms with Gasteiger partial charge in [0.15, 0.2) is 5.16 Å². The van der Waals surface area contributed by atoms with Crippen LogP contribution in [0.1, 0.15) is 0 Å². The first-order chi connectivity index (χ1) is 11.7. The van der Waals surface area contributed by atoms with Gasteiger partial charge in [-0.25, -0.2) is 9.78 Å². The number of urea groups is 1. The molecule has 0 aliphatic rings. The normalized spacial score (nSPS) is 10.5. The molecule has 24 heavy (non-hydrogen) atoms. The number of aromatic nitrogens is 2. The number of amides is 3. The number of hydrogen-bond acceptors (Lipinski definition) is 5. The molecule has 0 saturated carbocycles. The molecule has 0 aliphatic carbocycles. The van der Waals surface area contributed by atoms with Gasteiger partial charge in [0.25, 0.3) is 0 Å². The van der Waals surface area contributed by atoms with E-state index < -0.39 is 6.03 Å². The number of benzene rings is 1. The maximum atomic E-state index is 11.9.